The monoisotopic (exact) mass is 413 g/mol. The zero-order valence-corrected chi connectivity index (χ0v) is 16.4. The van der Waals surface area contributed by atoms with Gasteiger partial charge < -0.3 is 4.42 Å². The van der Waals surface area contributed by atoms with Gasteiger partial charge in [0.1, 0.15) is 5.69 Å². The molecule has 0 aliphatic rings. The SMILES string of the molecule is O=C(Nc1nnc(-c2ccco2)s1)c1cc(-c2ccccc2)nn1-c1ccccc1. The number of anilines is 1. The van der Waals surface area contributed by atoms with Crippen molar-refractivity contribution >= 4 is 22.4 Å². The van der Waals surface area contributed by atoms with Gasteiger partial charge in [-0.2, -0.15) is 5.10 Å². The largest absolute Gasteiger partial charge is 0.462 e. The van der Waals surface area contributed by atoms with E-state index in [-0.39, 0.29) is 5.91 Å². The predicted octanol–water partition coefficient (Wildman–Crippen LogP) is 4.90. The number of hydrogen-bond acceptors (Lipinski definition) is 6. The molecule has 0 spiro atoms. The lowest BCUT2D eigenvalue weighted by molar-refractivity contribution is 0.101. The molecule has 0 saturated carbocycles. The fourth-order valence-electron chi connectivity index (χ4n) is 2.99. The van der Waals surface area contributed by atoms with Gasteiger partial charge in [-0.1, -0.05) is 59.9 Å². The van der Waals surface area contributed by atoms with Crippen LogP contribution in [0, 0.1) is 0 Å². The van der Waals surface area contributed by atoms with Crippen molar-refractivity contribution in [3.63, 3.8) is 0 Å². The lowest BCUT2D eigenvalue weighted by atomic mass is 10.1. The van der Waals surface area contributed by atoms with Crippen molar-refractivity contribution in [2.75, 3.05) is 5.32 Å². The van der Waals surface area contributed by atoms with E-state index in [1.807, 2.05) is 60.7 Å². The van der Waals surface area contributed by atoms with E-state index in [0.29, 0.717) is 27.3 Å². The van der Waals surface area contributed by atoms with Gasteiger partial charge in [-0.15, -0.1) is 10.2 Å². The number of nitrogens with one attached hydrogen (secondary N) is 1. The molecule has 30 heavy (non-hydrogen) atoms. The van der Waals surface area contributed by atoms with Crippen LogP contribution in [0.25, 0.3) is 27.7 Å². The molecular formula is C22H15N5O2S. The molecule has 3 aromatic heterocycles. The van der Waals surface area contributed by atoms with Crippen LogP contribution in [-0.2, 0) is 0 Å². The van der Waals surface area contributed by atoms with Crippen LogP contribution >= 0.6 is 11.3 Å². The second-order valence-electron chi connectivity index (χ2n) is 6.37. The van der Waals surface area contributed by atoms with Crippen molar-refractivity contribution in [3.05, 3.63) is 90.8 Å². The highest BCUT2D eigenvalue weighted by molar-refractivity contribution is 7.18. The van der Waals surface area contributed by atoms with Gasteiger partial charge in [-0.3, -0.25) is 10.1 Å². The van der Waals surface area contributed by atoms with Crippen molar-refractivity contribution < 1.29 is 9.21 Å². The quantitative estimate of drug-likeness (QED) is 0.443. The van der Waals surface area contributed by atoms with Crippen molar-refractivity contribution in [2.45, 2.75) is 0 Å². The maximum atomic E-state index is 13.1. The molecule has 1 amide bonds. The first-order valence-electron chi connectivity index (χ1n) is 9.17. The summed E-state index contributed by atoms with van der Waals surface area (Å²) in [5.41, 5.74) is 2.82. The van der Waals surface area contributed by atoms with Crippen molar-refractivity contribution in [2.24, 2.45) is 0 Å². The number of nitrogens with zero attached hydrogens (tertiary/aromatic N) is 4. The standard InChI is InChI=1S/C22H15N5O2S/c28-20(23-22-25-24-21(30-22)19-12-7-13-29-19)18-14-17(15-8-3-1-4-9-15)26-27(18)16-10-5-2-6-11-16/h1-14H,(H,23,25,28). The molecule has 0 unspecified atom stereocenters. The first-order valence-corrected chi connectivity index (χ1v) is 9.99. The minimum absolute atomic E-state index is 0.323. The fraction of sp³-hybridized carbons (Fsp3) is 0. The molecule has 0 bridgehead atoms. The van der Waals surface area contributed by atoms with E-state index >= 15 is 0 Å². The average molecular weight is 413 g/mol. The first-order chi connectivity index (χ1) is 14.8. The Labute approximate surface area is 175 Å². The Morgan fingerprint density at radius 2 is 1.70 bits per heavy atom. The number of furan rings is 1. The van der Waals surface area contributed by atoms with Crippen LogP contribution in [0.3, 0.4) is 0 Å². The van der Waals surface area contributed by atoms with Gasteiger partial charge >= 0.3 is 0 Å². The summed E-state index contributed by atoms with van der Waals surface area (Å²) in [5.74, 6) is 0.282. The Balaban J connectivity index is 1.49. The van der Waals surface area contributed by atoms with Crippen molar-refractivity contribution in [1.82, 2.24) is 20.0 Å². The topological polar surface area (TPSA) is 85.8 Å². The van der Waals surface area contributed by atoms with E-state index in [9.17, 15) is 4.79 Å². The average Bonchev–Trinajstić information content (AvgIpc) is 3.55. The molecule has 5 aromatic rings. The number of carbonyl (C=O) groups excluding carboxylic acids is 1. The summed E-state index contributed by atoms with van der Waals surface area (Å²) in [6, 6.07) is 24.6. The van der Waals surface area contributed by atoms with Crippen LogP contribution < -0.4 is 5.32 Å². The third-order valence-corrected chi connectivity index (χ3v) is 5.24. The van der Waals surface area contributed by atoms with E-state index in [1.54, 1.807) is 29.1 Å². The summed E-state index contributed by atoms with van der Waals surface area (Å²) in [6.45, 7) is 0. The van der Waals surface area contributed by atoms with Gasteiger partial charge in [0.2, 0.25) is 5.13 Å². The van der Waals surface area contributed by atoms with Crippen LogP contribution in [0.4, 0.5) is 5.13 Å². The molecule has 1 N–H and O–H groups in total. The van der Waals surface area contributed by atoms with Crippen molar-refractivity contribution in [1.29, 1.82) is 0 Å². The van der Waals surface area contributed by atoms with E-state index < -0.39 is 0 Å². The number of para-hydroxylation sites is 1. The van der Waals surface area contributed by atoms with E-state index in [2.05, 4.69) is 20.6 Å². The maximum Gasteiger partial charge on any atom is 0.276 e. The van der Waals surface area contributed by atoms with Gasteiger partial charge in [0, 0.05) is 5.56 Å². The van der Waals surface area contributed by atoms with Crippen molar-refractivity contribution in [3.8, 4) is 27.7 Å². The number of benzene rings is 2. The minimum atomic E-state index is -0.323. The first kappa shape index (κ1) is 18.0. The zero-order valence-electron chi connectivity index (χ0n) is 15.6. The van der Waals surface area contributed by atoms with Gasteiger partial charge in [0.15, 0.2) is 10.8 Å². The summed E-state index contributed by atoms with van der Waals surface area (Å²) in [7, 11) is 0. The number of rotatable bonds is 5. The second-order valence-corrected chi connectivity index (χ2v) is 7.35. The summed E-state index contributed by atoms with van der Waals surface area (Å²) in [4.78, 5) is 13.1. The Bertz CT molecular complexity index is 1280. The van der Waals surface area contributed by atoms with Crippen LogP contribution in [0.15, 0.2) is 89.5 Å². The molecule has 5 rings (SSSR count). The summed E-state index contributed by atoms with van der Waals surface area (Å²) >= 11 is 1.24. The summed E-state index contributed by atoms with van der Waals surface area (Å²) < 4.78 is 6.96. The van der Waals surface area contributed by atoms with Crippen LogP contribution in [-0.4, -0.2) is 25.9 Å². The number of hydrogen-bond donors (Lipinski definition) is 1. The minimum Gasteiger partial charge on any atom is -0.462 e. The van der Waals surface area contributed by atoms with Gasteiger partial charge in [0.25, 0.3) is 5.91 Å². The molecule has 146 valence electrons. The number of aromatic nitrogens is 4. The molecule has 2 aromatic carbocycles. The Morgan fingerprint density at radius 3 is 2.43 bits per heavy atom. The fourth-order valence-corrected chi connectivity index (χ4v) is 3.70. The van der Waals surface area contributed by atoms with Gasteiger partial charge in [-0.25, -0.2) is 4.68 Å². The number of carbonyl (C=O) groups is 1. The van der Waals surface area contributed by atoms with E-state index in [1.165, 1.54) is 11.3 Å². The van der Waals surface area contributed by atoms with E-state index in [0.717, 1.165) is 11.3 Å². The number of amides is 1. The predicted molar refractivity (Wildman–Crippen MR) is 115 cm³/mol. The second kappa shape index (κ2) is 7.76. The van der Waals surface area contributed by atoms with Crippen LogP contribution in [0.1, 0.15) is 10.5 Å². The van der Waals surface area contributed by atoms with Crippen LogP contribution in [0.5, 0.6) is 0 Å². The van der Waals surface area contributed by atoms with Gasteiger partial charge in [-0.05, 0) is 30.3 Å². The third kappa shape index (κ3) is 3.51. The molecule has 3 heterocycles. The maximum absolute atomic E-state index is 13.1. The molecule has 0 aliphatic heterocycles. The molecule has 0 aliphatic carbocycles. The lowest BCUT2D eigenvalue weighted by Crippen LogP contribution is -2.16. The molecule has 0 atom stereocenters. The van der Waals surface area contributed by atoms with Crippen LogP contribution in [0.2, 0.25) is 0 Å². The molecule has 8 heteroatoms. The third-order valence-electron chi connectivity index (χ3n) is 4.39. The summed E-state index contributed by atoms with van der Waals surface area (Å²) in [5, 5.41) is 16.6. The molecule has 0 fully saturated rings. The lowest BCUT2D eigenvalue weighted by Gasteiger charge is -2.06. The molecule has 0 saturated heterocycles. The molecule has 7 nitrogen and oxygen atoms in total. The van der Waals surface area contributed by atoms with Gasteiger partial charge in [0.05, 0.1) is 17.6 Å². The van der Waals surface area contributed by atoms with E-state index in [4.69, 9.17) is 4.42 Å². The highest BCUT2D eigenvalue weighted by atomic mass is 32.1. The highest BCUT2D eigenvalue weighted by Gasteiger charge is 2.19. The Hall–Kier alpha value is -4.04. The smallest absolute Gasteiger partial charge is 0.276 e. The Kier molecular flexibility index (Phi) is 4.66. The Morgan fingerprint density at radius 1 is 0.933 bits per heavy atom. The summed E-state index contributed by atoms with van der Waals surface area (Å²) in [6.07, 6.45) is 1.57. The normalized spacial score (nSPS) is 10.8. The molecule has 0 radical (unpaired) electrons. The zero-order chi connectivity index (χ0) is 20.3. The highest BCUT2D eigenvalue weighted by Crippen LogP contribution is 2.27. The molecular weight excluding hydrogens is 398 g/mol.